The number of aliphatic hydroxyl groups is 1. The molecule has 0 saturated heterocycles. The van der Waals surface area contributed by atoms with E-state index in [1.165, 1.54) is 5.56 Å². The van der Waals surface area contributed by atoms with E-state index in [1.54, 1.807) is 6.92 Å². The van der Waals surface area contributed by atoms with Crippen LogP contribution in [-0.4, -0.2) is 14.9 Å². The monoisotopic (exact) mass is 230 g/mol. The van der Waals surface area contributed by atoms with Gasteiger partial charge in [0.1, 0.15) is 0 Å². The van der Waals surface area contributed by atoms with Crippen LogP contribution in [0.15, 0.2) is 24.3 Å². The number of aryl methyl sites for hydroxylation is 2. The van der Waals surface area contributed by atoms with Gasteiger partial charge < -0.3 is 5.11 Å². The van der Waals surface area contributed by atoms with E-state index >= 15 is 0 Å². The minimum atomic E-state index is -0.478. The SMILES string of the molecule is Cc1ccc(-n2nc(C)c(C(C)O)c2C)cc1. The molecule has 3 heteroatoms. The molecular weight excluding hydrogens is 212 g/mol. The highest BCUT2D eigenvalue weighted by Crippen LogP contribution is 2.23. The van der Waals surface area contributed by atoms with Gasteiger partial charge in [0.2, 0.25) is 0 Å². The molecule has 0 aliphatic rings. The fraction of sp³-hybridized carbons (Fsp3) is 0.357. The number of hydrogen-bond donors (Lipinski definition) is 1. The molecule has 90 valence electrons. The van der Waals surface area contributed by atoms with E-state index in [-0.39, 0.29) is 0 Å². The molecule has 1 unspecified atom stereocenters. The van der Waals surface area contributed by atoms with Crippen LogP contribution in [-0.2, 0) is 0 Å². The molecule has 2 rings (SSSR count). The zero-order chi connectivity index (χ0) is 12.6. The van der Waals surface area contributed by atoms with Gasteiger partial charge in [-0.2, -0.15) is 5.10 Å². The highest BCUT2D eigenvalue weighted by Gasteiger charge is 2.16. The molecule has 0 amide bonds. The van der Waals surface area contributed by atoms with Gasteiger partial charge in [0, 0.05) is 11.3 Å². The predicted octanol–water partition coefficient (Wildman–Crippen LogP) is 2.85. The highest BCUT2D eigenvalue weighted by molar-refractivity contribution is 5.39. The molecule has 0 saturated carbocycles. The minimum Gasteiger partial charge on any atom is -0.389 e. The van der Waals surface area contributed by atoms with Crippen LogP contribution in [0.1, 0.15) is 35.5 Å². The zero-order valence-electron chi connectivity index (χ0n) is 10.7. The second kappa shape index (κ2) is 4.34. The van der Waals surface area contributed by atoms with Crippen LogP contribution in [0.4, 0.5) is 0 Å². The fourth-order valence-corrected chi connectivity index (χ4v) is 2.20. The second-order valence-electron chi connectivity index (χ2n) is 4.51. The molecule has 0 radical (unpaired) electrons. The van der Waals surface area contributed by atoms with E-state index in [9.17, 15) is 5.11 Å². The lowest BCUT2D eigenvalue weighted by atomic mass is 10.1. The van der Waals surface area contributed by atoms with Gasteiger partial charge in [0.25, 0.3) is 0 Å². The van der Waals surface area contributed by atoms with Crippen LogP contribution in [0.5, 0.6) is 0 Å². The number of nitrogens with zero attached hydrogens (tertiary/aromatic N) is 2. The average molecular weight is 230 g/mol. The summed E-state index contributed by atoms with van der Waals surface area (Å²) >= 11 is 0. The topological polar surface area (TPSA) is 38.0 Å². The number of aromatic nitrogens is 2. The van der Waals surface area contributed by atoms with Crippen LogP contribution < -0.4 is 0 Å². The van der Waals surface area contributed by atoms with Crippen molar-refractivity contribution < 1.29 is 5.11 Å². The summed E-state index contributed by atoms with van der Waals surface area (Å²) in [5, 5.41) is 14.2. The molecule has 1 N–H and O–H groups in total. The summed E-state index contributed by atoms with van der Waals surface area (Å²) in [6, 6.07) is 8.21. The van der Waals surface area contributed by atoms with E-state index in [2.05, 4.69) is 24.2 Å². The average Bonchev–Trinajstić information content (AvgIpc) is 2.55. The number of benzene rings is 1. The van der Waals surface area contributed by atoms with E-state index < -0.39 is 6.10 Å². The summed E-state index contributed by atoms with van der Waals surface area (Å²) in [6.07, 6.45) is -0.478. The van der Waals surface area contributed by atoms with Gasteiger partial charge in [-0.25, -0.2) is 4.68 Å². The first-order valence-corrected chi connectivity index (χ1v) is 5.82. The van der Waals surface area contributed by atoms with Crippen molar-refractivity contribution >= 4 is 0 Å². The normalized spacial score (nSPS) is 12.8. The number of aliphatic hydroxyl groups excluding tert-OH is 1. The van der Waals surface area contributed by atoms with Crippen LogP contribution in [0, 0.1) is 20.8 Å². The van der Waals surface area contributed by atoms with Gasteiger partial charge in [-0.1, -0.05) is 17.7 Å². The Bertz CT molecular complexity index is 524. The van der Waals surface area contributed by atoms with E-state index in [4.69, 9.17) is 0 Å². The Labute approximate surface area is 102 Å². The molecule has 0 aliphatic heterocycles. The summed E-state index contributed by atoms with van der Waals surface area (Å²) in [5.74, 6) is 0. The van der Waals surface area contributed by atoms with Crippen molar-refractivity contribution in [3.05, 3.63) is 46.8 Å². The van der Waals surface area contributed by atoms with Crippen molar-refractivity contribution in [2.24, 2.45) is 0 Å². The van der Waals surface area contributed by atoms with Crippen molar-refractivity contribution in [1.29, 1.82) is 0 Å². The van der Waals surface area contributed by atoms with Gasteiger partial charge >= 0.3 is 0 Å². The van der Waals surface area contributed by atoms with E-state index in [1.807, 2.05) is 30.7 Å². The zero-order valence-corrected chi connectivity index (χ0v) is 10.7. The van der Waals surface area contributed by atoms with Gasteiger partial charge in [-0.3, -0.25) is 0 Å². The van der Waals surface area contributed by atoms with Crippen molar-refractivity contribution in [3.63, 3.8) is 0 Å². The maximum Gasteiger partial charge on any atom is 0.0797 e. The van der Waals surface area contributed by atoms with Gasteiger partial charge in [-0.05, 0) is 39.8 Å². The Morgan fingerprint density at radius 2 is 1.71 bits per heavy atom. The molecule has 2 aromatic rings. The molecule has 0 fully saturated rings. The maximum atomic E-state index is 9.74. The first-order valence-electron chi connectivity index (χ1n) is 5.82. The third-order valence-corrected chi connectivity index (χ3v) is 3.04. The molecule has 1 aromatic carbocycles. The molecular formula is C14H18N2O. The van der Waals surface area contributed by atoms with E-state index in [0.29, 0.717) is 0 Å². The standard InChI is InChI=1S/C14H18N2O/c1-9-5-7-13(8-6-9)16-11(3)14(12(4)17)10(2)15-16/h5-8,12,17H,1-4H3. The minimum absolute atomic E-state index is 0.478. The Morgan fingerprint density at radius 1 is 1.12 bits per heavy atom. The van der Waals surface area contributed by atoms with Gasteiger partial charge in [-0.15, -0.1) is 0 Å². The highest BCUT2D eigenvalue weighted by atomic mass is 16.3. The fourth-order valence-electron chi connectivity index (χ4n) is 2.20. The Kier molecular flexibility index (Phi) is 3.03. The quantitative estimate of drug-likeness (QED) is 0.861. The first kappa shape index (κ1) is 11.9. The van der Waals surface area contributed by atoms with Crippen LogP contribution in [0.25, 0.3) is 5.69 Å². The lowest BCUT2D eigenvalue weighted by Crippen LogP contribution is -2.00. The van der Waals surface area contributed by atoms with Gasteiger partial charge in [0.15, 0.2) is 0 Å². The number of rotatable bonds is 2. The lowest BCUT2D eigenvalue weighted by molar-refractivity contribution is 0.198. The molecule has 17 heavy (non-hydrogen) atoms. The molecule has 1 atom stereocenters. The third-order valence-electron chi connectivity index (χ3n) is 3.04. The van der Waals surface area contributed by atoms with Crippen molar-refractivity contribution in [2.75, 3.05) is 0 Å². The largest absolute Gasteiger partial charge is 0.389 e. The van der Waals surface area contributed by atoms with Crippen molar-refractivity contribution in [3.8, 4) is 5.69 Å². The summed E-state index contributed by atoms with van der Waals surface area (Å²) in [7, 11) is 0. The molecule has 0 aliphatic carbocycles. The molecule has 0 bridgehead atoms. The Morgan fingerprint density at radius 3 is 2.18 bits per heavy atom. The Hall–Kier alpha value is -1.61. The summed E-state index contributed by atoms with van der Waals surface area (Å²) in [5.41, 5.74) is 5.07. The molecule has 1 heterocycles. The lowest BCUT2D eigenvalue weighted by Gasteiger charge is -2.07. The van der Waals surface area contributed by atoms with Crippen LogP contribution in [0.2, 0.25) is 0 Å². The van der Waals surface area contributed by atoms with Crippen LogP contribution >= 0.6 is 0 Å². The smallest absolute Gasteiger partial charge is 0.0797 e. The summed E-state index contributed by atoms with van der Waals surface area (Å²) in [4.78, 5) is 0. The molecule has 1 aromatic heterocycles. The second-order valence-corrected chi connectivity index (χ2v) is 4.51. The third kappa shape index (κ3) is 2.11. The van der Waals surface area contributed by atoms with Crippen molar-refractivity contribution in [1.82, 2.24) is 9.78 Å². The van der Waals surface area contributed by atoms with Crippen LogP contribution in [0.3, 0.4) is 0 Å². The predicted molar refractivity (Wildman–Crippen MR) is 68.4 cm³/mol. The maximum absolute atomic E-state index is 9.74. The Balaban J connectivity index is 2.53. The summed E-state index contributed by atoms with van der Waals surface area (Å²) in [6.45, 7) is 7.75. The van der Waals surface area contributed by atoms with E-state index in [0.717, 1.165) is 22.6 Å². The van der Waals surface area contributed by atoms with Gasteiger partial charge in [0.05, 0.1) is 17.5 Å². The van der Waals surface area contributed by atoms with Crippen molar-refractivity contribution in [2.45, 2.75) is 33.8 Å². The first-order chi connectivity index (χ1) is 8.00. The molecule has 0 spiro atoms. The molecule has 3 nitrogen and oxygen atoms in total. The number of hydrogen-bond acceptors (Lipinski definition) is 2. The summed E-state index contributed by atoms with van der Waals surface area (Å²) < 4.78 is 1.89.